The Morgan fingerprint density at radius 1 is 1.35 bits per heavy atom. The van der Waals surface area contributed by atoms with Crippen molar-refractivity contribution in [1.82, 2.24) is 0 Å². The van der Waals surface area contributed by atoms with Gasteiger partial charge in [0.25, 0.3) is 0 Å². The van der Waals surface area contributed by atoms with E-state index in [0.29, 0.717) is 13.0 Å². The van der Waals surface area contributed by atoms with Crippen molar-refractivity contribution in [1.29, 1.82) is 0 Å². The van der Waals surface area contributed by atoms with Gasteiger partial charge in [-0.15, -0.1) is 0 Å². The monoisotopic (exact) mass is 236 g/mol. The van der Waals surface area contributed by atoms with E-state index in [1.165, 1.54) is 5.56 Å². The third-order valence-electron chi connectivity index (χ3n) is 3.01. The normalized spacial score (nSPS) is 14.3. The number of hydrogen-bond donors (Lipinski definition) is 1. The number of carboxylic acids is 1. The lowest BCUT2D eigenvalue weighted by atomic mass is 9.88. The van der Waals surface area contributed by atoms with Crippen LogP contribution in [0.5, 0.6) is 0 Å². The Morgan fingerprint density at radius 3 is 2.41 bits per heavy atom. The van der Waals surface area contributed by atoms with E-state index in [-0.39, 0.29) is 5.92 Å². The van der Waals surface area contributed by atoms with Crippen LogP contribution in [-0.2, 0) is 16.0 Å². The Hall–Kier alpha value is -1.35. The molecule has 0 amide bonds. The second-order valence-electron chi connectivity index (χ2n) is 4.57. The molecule has 2 unspecified atom stereocenters. The maximum Gasteiger partial charge on any atom is 0.307 e. The van der Waals surface area contributed by atoms with Crippen LogP contribution in [0.3, 0.4) is 0 Å². The molecule has 0 aliphatic carbocycles. The highest BCUT2D eigenvalue weighted by Gasteiger charge is 2.24. The predicted molar refractivity (Wildman–Crippen MR) is 67.0 cm³/mol. The fourth-order valence-electron chi connectivity index (χ4n) is 1.89. The molecular weight excluding hydrogens is 216 g/mol. The smallest absolute Gasteiger partial charge is 0.307 e. The number of aryl methyl sites for hydroxylation is 1. The molecule has 0 aromatic heterocycles. The van der Waals surface area contributed by atoms with Gasteiger partial charge in [0, 0.05) is 13.7 Å². The van der Waals surface area contributed by atoms with Crippen LogP contribution in [0.1, 0.15) is 18.1 Å². The van der Waals surface area contributed by atoms with E-state index in [0.717, 1.165) is 5.56 Å². The summed E-state index contributed by atoms with van der Waals surface area (Å²) in [6.07, 6.45) is 0.556. The molecule has 0 bridgehead atoms. The number of hydrogen-bond acceptors (Lipinski definition) is 2. The van der Waals surface area contributed by atoms with Crippen LogP contribution in [0.25, 0.3) is 0 Å². The second-order valence-corrected chi connectivity index (χ2v) is 4.57. The van der Waals surface area contributed by atoms with Crippen molar-refractivity contribution in [2.75, 3.05) is 13.7 Å². The average Bonchev–Trinajstić information content (AvgIpc) is 2.28. The van der Waals surface area contributed by atoms with Gasteiger partial charge >= 0.3 is 5.97 Å². The summed E-state index contributed by atoms with van der Waals surface area (Å²) in [5.74, 6) is -1.13. The van der Waals surface area contributed by atoms with Crippen molar-refractivity contribution >= 4 is 5.97 Å². The first kappa shape index (κ1) is 13.7. The second kappa shape index (κ2) is 6.40. The molecule has 17 heavy (non-hydrogen) atoms. The number of carbonyl (C=O) groups is 1. The minimum Gasteiger partial charge on any atom is -0.481 e. The molecule has 0 saturated carbocycles. The lowest BCUT2D eigenvalue weighted by Crippen LogP contribution is -2.26. The minimum atomic E-state index is -0.755. The van der Waals surface area contributed by atoms with Gasteiger partial charge in [0.05, 0.1) is 5.92 Å². The fourth-order valence-corrected chi connectivity index (χ4v) is 1.89. The number of methoxy groups -OCH3 is 1. The fraction of sp³-hybridized carbons (Fsp3) is 0.500. The molecule has 0 saturated heterocycles. The summed E-state index contributed by atoms with van der Waals surface area (Å²) in [6, 6.07) is 8.00. The van der Waals surface area contributed by atoms with Crippen molar-refractivity contribution in [3.05, 3.63) is 35.4 Å². The molecule has 0 radical (unpaired) electrons. The number of rotatable bonds is 6. The summed E-state index contributed by atoms with van der Waals surface area (Å²) in [5.41, 5.74) is 2.25. The lowest BCUT2D eigenvalue weighted by molar-refractivity contribution is -0.144. The molecule has 2 atom stereocenters. The first-order valence-corrected chi connectivity index (χ1v) is 5.82. The summed E-state index contributed by atoms with van der Waals surface area (Å²) in [6.45, 7) is 4.41. The van der Waals surface area contributed by atoms with Crippen molar-refractivity contribution in [2.24, 2.45) is 11.8 Å². The molecular formula is C14H20O3. The Labute approximate surface area is 102 Å². The van der Waals surface area contributed by atoms with E-state index in [9.17, 15) is 9.90 Å². The highest BCUT2D eigenvalue weighted by atomic mass is 16.5. The van der Waals surface area contributed by atoms with Crippen LogP contribution < -0.4 is 0 Å². The van der Waals surface area contributed by atoms with E-state index in [1.54, 1.807) is 7.11 Å². The molecule has 94 valence electrons. The molecule has 0 heterocycles. The van der Waals surface area contributed by atoms with Gasteiger partial charge in [-0.3, -0.25) is 4.79 Å². The lowest BCUT2D eigenvalue weighted by Gasteiger charge is -2.19. The Morgan fingerprint density at radius 2 is 1.94 bits per heavy atom. The summed E-state index contributed by atoms with van der Waals surface area (Å²) in [4.78, 5) is 11.2. The summed E-state index contributed by atoms with van der Waals surface area (Å²) >= 11 is 0. The van der Waals surface area contributed by atoms with Crippen LogP contribution in [0.4, 0.5) is 0 Å². The zero-order chi connectivity index (χ0) is 12.8. The number of aliphatic carboxylic acids is 1. The van der Waals surface area contributed by atoms with E-state index < -0.39 is 11.9 Å². The minimum absolute atomic E-state index is 0.0128. The van der Waals surface area contributed by atoms with Crippen molar-refractivity contribution in [3.63, 3.8) is 0 Å². The largest absolute Gasteiger partial charge is 0.481 e. The molecule has 1 aromatic carbocycles. The van der Waals surface area contributed by atoms with E-state index in [1.807, 2.05) is 38.1 Å². The highest BCUT2D eigenvalue weighted by molar-refractivity contribution is 5.70. The molecule has 3 heteroatoms. The maximum atomic E-state index is 11.2. The van der Waals surface area contributed by atoms with Crippen molar-refractivity contribution in [2.45, 2.75) is 20.3 Å². The van der Waals surface area contributed by atoms with Crippen molar-refractivity contribution < 1.29 is 14.6 Å². The molecule has 0 fully saturated rings. The Kier molecular flexibility index (Phi) is 5.16. The van der Waals surface area contributed by atoms with E-state index in [4.69, 9.17) is 4.74 Å². The standard InChI is InChI=1S/C14H20O3/c1-10-4-6-12(7-5-10)8-13(14(15)16)11(2)9-17-3/h4-7,11,13H,8-9H2,1-3H3,(H,15,16). The Balaban J connectivity index is 2.73. The van der Waals surface area contributed by atoms with Crippen LogP contribution in [0.15, 0.2) is 24.3 Å². The predicted octanol–water partition coefficient (Wildman–Crippen LogP) is 2.52. The van der Waals surface area contributed by atoms with E-state index in [2.05, 4.69) is 0 Å². The van der Waals surface area contributed by atoms with Crippen LogP contribution in [-0.4, -0.2) is 24.8 Å². The van der Waals surface area contributed by atoms with Gasteiger partial charge in [0.2, 0.25) is 0 Å². The van der Waals surface area contributed by atoms with Gasteiger partial charge in [0.1, 0.15) is 0 Å². The average molecular weight is 236 g/mol. The third-order valence-corrected chi connectivity index (χ3v) is 3.01. The number of benzene rings is 1. The molecule has 0 aliphatic rings. The zero-order valence-corrected chi connectivity index (χ0v) is 10.6. The van der Waals surface area contributed by atoms with Crippen LogP contribution >= 0.6 is 0 Å². The summed E-state index contributed by atoms with van der Waals surface area (Å²) < 4.78 is 5.03. The van der Waals surface area contributed by atoms with Crippen LogP contribution in [0.2, 0.25) is 0 Å². The van der Waals surface area contributed by atoms with Gasteiger partial charge in [-0.05, 0) is 24.8 Å². The topological polar surface area (TPSA) is 46.5 Å². The zero-order valence-electron chi connectivity index (χ0n) is 10.6. The maximum absolute atomic E-state index is 11.2. The number of ether oxygens (including phenoxy) is 1. The molecule has 0 spiro atoms. The highest BCUT2D eigenvalue weighted by Crippen LogP contribution is 2.18. The molecule has 1 rings (SSSR count). The number of carboxylic acid groups (broad SMARTS) is 1. The molecule has 1 N–H and O–H groups in total. The van der Waals surface area contributed by atoms with Gasteiger partial charge < -0.3 is 9.84 Å². The third kappa shape index (κ3) is 4.19. The van der Waals surface area contributed by atoms with Gasteiger partial charge in [0.15, 0.2) is 0 Å². The van der Waals surface area contributed by atoms with Crippen LogP contribution in [0, 0.1) is 18.8 Å². The molecule has 0 aliphatic heterocycles. The first-order valence-electron chi connectivity index (χ1n) is 5.82. The molecule has 1 aromatic rings. The van der Waals surface area contributed by atoms with Crippen molar-refractivity contribution in [3.8, 4) is 0 Å². The quantitative estimate of drug-likeness (QED) is 0.825. The summed E-state index contributed by atoms with van der Waals surface area (Å²) in [5, 5.41) is 9.23. The van der Waals surface area contributed by atoms with E-state index >= 15 is 0 Å². The first-order chi connectivity index (χ1) is 8.04. The molecule has 3 nitrogen and oxygen atoms in total. The van der Waals surface area contributed by atoms with Gasteiger partial charge in [-0.2, -0.15) is 0 Å². The summed E-state index contributed by atoms with van der Waals surface area (Å²) in [7, 11) is 1.60. The SMILES string of the molecule is COCC(C)C(Cc1ccc(C)cc1)C(=O)O. The Bertz CT molecular complexity index is 356. The van der Waals surface area contributed by atoms with Gasteiger partial charge in [-0.25, -0.2) is 0 Å². The van der Waals surface area contributed by atoms with Gasteiger partial charge in [-0.1, -0.05) is 36.8 Å².